The number of rotatable bonds is 3. The van der Waals surface area contributed by atoms with Crippen molar-refractivity contribution in [1.29, 1.82) is 0 Å². The Morgan fingerprint density at radius 3 is 2.57 bits per heavy atom. The lowest BCUT2D eigenvalue weighted by atomic mass is 10.1. The lowest BCUT2D eigenvalue weighted by molar-refractivity contribution is 0.563. The first-order valence-corrected chi connectivity index (χ1v) is 5.63. The molecule has 1 rings (SSSR count). The molecule has 3 nitrogen and oxygen atoms in total. The van der Waals surface area contributed by atoms with E-state index in [1.807, 2.05) is 44.1 Å². The van der Waals surface area contributed by atoms with E-state index >= 15 is 0 Å². The summed E-state index contributed by atoms with van der Waals surface area (Å²) < 4.78 is 19.6. The molecule has 78 valence electrons. The van der Waals surface area contributed by atoms with E-state index in [4.69, 9.17) is 4.55 Å². The van der Waals surface area contributed by atoms with Crippen LogP contribution < -0.4 is 4.90 Å². The number of anilines is 1. The van der Waals surface area contributed by atoms with Crippen LogP contribution in [-0.4, -0.2) is 22.9 Å². The van der Waals surface area contributed by atoms with Crippen molar-refractivity contribution < 1.29 is 8.76 Å². The van der Waals surface area contributed by atoms with Gasteiger partial charge in [-0.05, 0) is 18.1 Å². The summed E-state index contributed by atoms with van der Waals surface area (Å²) in [4.78, 5) is 1.97. The van der Waals surface area contributed by atoms with Crippen LogP contribution in [0.2, 0.25) is 0 Å². The molecule has 1 atom stereocenters. The zero-order chi connectivity index (χ0) is 10.7. The highest BCUT2D eigenvalue weighted by Gasteiger charge is 2.09. The third-order valence-electron chi connectivity index (χ3n) is 2.05. The monoisotopic (exact) mass is 213 g/mol. The van der Waals surface area contributed by atoms with Crippen molar-refractivity contribution >= 4 is 16.8 Å². The van der Waals surface area contributed by atoms with Gasteiger partial charge in [-0.1, -0.05) is 18.2 Å². The van der Waals surface area contributed by atoms with Crippen molar-refractivity contribution in [2.24, 2.45) is 0 Å². The van der Waals surface area contributed by atoms with Crippen LogP contribution in [-0.2, 0) is 16.8 Å². The van der Waals surface area contributed by atoms with Gasteiger partial charge >= 0.3 is 0 Å². The van der Waals surface area contributed by atoms with E-state index in [1.165, 1.54) is 0 Å². The van der Waals surface area contributed by atoms with E-state index in [-0.39, 0.29) is 5.75 Å². The van der Waals surface area contributed by atoms with Crippen LogP contribution >= 0.6 is 0 Å². The molecule has 14 heavy (non-hydrogen) atoms. The fourth-order valence-corrected chi connectivity index (χ4v) is 2.11. The molecule has 0 aliphatic rings. The van der Waals surface area contributed by atoms with Crippen LogP contribution in [0.1, 0.15) is 11.1 Å². The van der Waals surface area contributed by atoms with Crippen molar-refractivity contribution in [3.8, 4) is 0 Å². The molecular weight excluding hydrogens is 198 g/mol. The van der Waals surface area contributed by atoms with Crippen LogP contribution in [0.25, 0.3) is 0 Å². The number of benzene rings is 1. The van der Waals surface area contributed by atoms with Gasteiger partial charge in [-0.15, -0.1) is 0 Å². The minimum Gasteiger partial charge on any atom is -0.377 e. The summed E-state index contributed by atoms with van der Waals surface area (Å²) in [5, 5.41) is 0. The molecule has 1 aromatic rings. The molecule has 4 heteroatoms. The molecule has 0 amide bonds. The standard InChI is InChI=1S/C10H15NO2S/c1-8-5-4-6-9(7-14(12)13)10(8)11(2)3/h4-6H,7H2,1-3H3,(H,12,13). The molecule has 1 N–H and O–H groups in total. The zero-order valence-electron chi connectivity index (χ0n) is 8.65. The summed E-state index contributed by atoms with van der Waals surface area (Å²) in [5.74, 6) is 0.190. The summed E-state index contributed by atoms with van der Waals surface area (Å²) in [7, 11) is 3.87. The SMILES string of the molecule is Cc1cccc(CS(=O)O)c1N(C)C. The van der Waals surface area contributed by atoms with Crippen molar-refractivity contribution in [2.75, 3.05) is 19.0 Å². The van der Waals surface area contributed by atoms with Crippen LogP contribution in [0.3, 0.4) is 0 Å². The molecule has 1 aromatic carbocycles. The summed E-state index contributed by atoms with van der Waals surface area (Å²) in [6.45, 7) is 2.00. The Morgan fingerprint density at radius 2 is 2.07 bits per heavy atom. The quantitative estimate of drug-likeness (QED) is 0.778. The Morgan fingerprint density at radius 1 is 1.43 bits per heavy atom. The minimum atomic E-state index is -1.78. The van der Waals surface area contributed by atoms with Crippen molar-refractivity contribution in [1.82, 2.24) is 0 Å². The van der Waals surface area contributed by atoms with Gasteiger partial charge in [-0.3, -0.25) is 0 Å². The van der Waals surface area contributed by atoms with E-state index in [0.717, 1.165) is 16.8 Å². The van der Waals surface area contributed by atoms with Crippen molar-refractivity contribution in [2.45, 2.75) is 12.7 Å². The van der Waals surface area contributed by atoms with E-state index in [2.05, 4.69) is 0 Å². The Labute approximate surface area is 87.0 Å². The number of hydrogen-bond donors (Lipinski definition) is 1. The van der Waals surface area contributed by atoms with Gasteiger partial charge in [0.1, 0.15) is 0 Å². The molecule has 0 aromatic heterocycles. The molecule has 0 heterocycles. The van der Waals surface area contributed by atoms with Gasteiger partial charge in [0, 0.05) is 19.8 Å². The van der Waals surface area contributed by atoms with Crippen LogP contribution in [0.15, 0.2) is 18.2 Å². The largest absolute Gasteiger partial charge is 0.377 e. The fourth-order valence-electron chi connectivity index (χ4n) is 1.61. The topological polar surface area (TPSA) is 40.5 Å². The third-order valence-corrected chi connectivity index (χ3v) is 2.61. The Kier molecular flexibility index (Phi) is 3.66. The highest BCUT2D eigenvalue weighted by molar-refractivity contribution is 7.78. The lowest BCUT2D eigenvalue weighted by Crippen LogP contribution is -2.13. The second-order valence-corrected chi connectivity index (χ2v) is 4.37. The maximum Gasteiger partial charge on any atom is 0.157 e. The average molecular weight is 213 g/mol. The summed E-state index contributed by atoms with van der Waals surface area (Å²) >= 11 is -1.78. The Hall–Kier alpha value is -0.870. The van der Waals surface area contributed by atoms with Crippen LogP contribution in [0.5, 0.6) is 0 Å². The van der Waals surface area contributed by atoms with Crippen LogP contribution in [0.4, 0.5) is 5.69 Å². The van der Waals surface area contributed by atoms with Gasteiger partial charge in [0.05, 0.1) is 5.75 Å². The minimum absolute atomic E-state index is 0.190. The second-order valence-electron chi connectivity index (χ2n) is 3.44. The molecule has 0 saturated heterocycles. The maximum atomic E-state index is 10.7. The molecule has 0 aliphatic carbocycles. The molecular formula is C10H15NO2S. The smallest absolute Gasteiger partial charge is 0.157 e. The highest BCUT2D eigenvalue weighted by atomic mass is 32.2. The Balaban J connectivity index is 3.14. The molecule has 0 radical (unpaired) electrons. The Bertz CT molecular complexity index is 350. The predicted octanol–water partition coefficient (Wildman–Crippen LogP) is 1.78. The van der Waals surface area contributed by atoms with E-state index < -0.39 is 11.1 Å². The first-order valence-electron chi connectivity index (χ1n) is 4.35. The van der Waals surface area contributed by atoms with Crippen molar-refractivity contribution in [3.63, 3.8) is 0 Å². The van der Waals surface area contributed by atoms with Gasteiger partial charge < -0.3 is 9.45 Å². The van der Waals surface area contributed by atoms with Gasteiger partial charge in [0.15, 0.2) is 11.1 Å². The average Bonchev–Trinajstić information content (AvgIpc) is 2.01. The molecule has 0 aliphatic heterocycles. The molecule has 1 unspecified atom stereocenters. The highest BCUT2D eigenvalue weighted by Crippen LogP contribution is 2.23. The summed E-state index contributed by atoms with van der Waals surface area (Å²) in [6.07, 6.45) is 0. The molecule has 0 bridgehead atoms. The molecule has 0 saturated carbocycles. The van der Waals surface area contributed by atoms with E-state index in [1.54, 1.807) is 0 Å². The first kappa shape index (κ1) is 11.2. The van der Waals surface area contributed by atoms with E-state index in [0.29, 0.717) is 0 Å². The molecule has 0 spiro atoms. The lowest BCUT2D eigenvalue weighted by Gasteiger charge is -2.19. The summed E-state index contributed by atoms with van der Waals surface area (Å²) in [5.41, 5.74) is 3.07. The molecule has 0 fully saturated rings. The zero-order valence-corrected chi connectivity index (χ0v) is 9.47. The van der Waals surface area contributed by atoms with Crippen molar-refractivity contribution in [3.05, 3.63) is 29.3 Å². The van der Waals surface area contributed by atoms with Crippen LogP contribution in [0, 0.1) is 6.92 Å². The number of para-hydroxylation sites is 1. The second kappa shape index (κ2) is 4.57. The number of aryl methyl sites for hydroxylation is 1. The predicted molar refractivity (Wildman–Crippen MR) is 60.0 cm³/mol. The van der Waals surface area contributed by atoms with Gasteiger partial charge in [-0.25, -0.2) is 4.21 Å². The fraction of sp³-hybridized carbons (Fsp3) is 0.400. The normalized spacial score (nSPS) is 12.6. The third kappa shape index (κ3) is 2.56. The summed E-state index contributed by atoms with van der Waals surface area (Å²) in [6, 6.07) is 5.79. The maximum absolute atomic E-state index is 10.7. The van der Waals surface area contributed by atoms with Gasteiger partial charge in [-0.2, -0.15) is 0 Å². The van der Waals surface area contributed by atoms with E-state index in [9.17, 15) is 4.21 Å². The van der Waals surface area contributed by atoms with Gasteiger partial charge in [0.25, 0.3) is 0 Å². The number of hydrogen-bond acceptors (Lipinski definition) is 2. The first-order chi connectivity index (χ1) is 6.52. The van der Waals surface area contributed by atoms with Gasteiger partial charge in [0.2, 0.25) is 0 Å². The number of nitrogens with zero attached hydrogens (tertiary/aromatic N) is 1.